The quantitative estimate of drug-likeness (QED) is 0.757. The van der Waals surface area contributed by atoms with Crippen molar-refractivity contribution in [2.24, 2.45) is 0 Å². The van der Waals surface area contributed by atoms with E-state index in [1.54, 1.807) is 23.0 Å². The number of benzene rings is 2. The van der Waals surface area contributed by atoms with Crippen LogP contribution in [0.1, 0.15) is 15.9 Å². The van der Waals surface area contributed by atoms with E-state index in [4.69, 9.17) is 0 Å². The molecule has 0 radical (unpaired) electrons. The fraction of sp³-hybridized carbons (Fsp3) is 0.0588. The van der Waals surface area contributed by atoms with E-state index in [2.05, 4.69) is 26.3 Å². The van der Waals surface area contributed by atoms with E-state index in [0.29, 0.717) is 11.1 Å². The number of nitrogens with one attached hydrogen (secondary N) is 1. The van der Waals surface area contributed by atoms with Crippen LogP contribution in [0.3, 0.4) is 0 Å². The fourth-order valence-corrected chi connectivity index (χ4v) is 2.53. The van der Waals surface area contributed by atoms with Gasteiger partial charge in [0, 0.05) is 22.8 Å². The van der Waals surface area contributed by atoms with Crippen LogP contribution in [0.25, 0.3) is 5.69 Å². The van der Waals surface area contributed by atoms with Crippen LogP contribution in [-0.2, 0) is 6.54 Å². The molecule has 4 nitrogen and oxygen atoms in total. The third-order valence-corrected chi connectivity index (χ3v) is 3.81. The molecule has 1 aromatic heterocycles. The molecule has 6 heteroatoms. The average molecular weight is 374 g/mol. The Kier molecular flexibility index (Phi) is 4.52. The van der Waals surface area contributed by atoms with Gasteiger partial charge in [0.1, 0.15) is 5.82 Å². The molecule has 0 spiro atoms. The van der Waals surface area contributed by atoms with Crippen LogP contribution < -0.4 is 5.32 Å². The minimum atomic E-state index is -0.353. The Morgan fingerprint density at radius 3 is 2.78 bits per heavy atom. The number of carbonyl (C=O) groups excluding carboxylic acids is 1. The van der Waals surface area contributed by atoms with Gasteiger partial charge in [-0.05, 0) is 30.3 Å². The molecule has 0 atom stereocenters. The molecule has 23 heavy (non-hydrogen) atoms. The molecule has 0 aliphatic heterocycles. The molecule has 0 bridgehead atoms. The molecule has 3 rings (SSSR count). The first-order valence-electron chi connectivity index (χ1n) is 6.96. The summed E-state index contributed by atoms with van der Waals surface area (Å²) in [7, 11) is 0. The Balaban J connectivity index is 1.69. The third kappa shape index (κ3) is 3.65. The zero-order valence-corrected chi connectivity index (χ0v) is 13.6. The van der Waals surface area contributed by atoms with Crippen LogP contribution >= 0.6 is 15.9 Å². The Labute approximate surface area is 141 Å². The van der Waals surface area contributed by atoms with Crippen LogP contribution in [0.5, 0.6) is 0 Å². The van der Waals surface area contributed by atoms with Crippen molar-refractivity contribution in [3.05, 3.63) is 82.3 Å². The Morgan fingerprint density at radius 2 is 2.00 bits per heavy atom. The minimum absolute atomic E-state index is 0.112. The maximum absolute atomic E-state index is 13.7. The van der Waals surface area contributed by atoms with Crippen LogP contribution in [0.2, 0.25) is 0 Å². The molecular weight excluding hydrogens is 361 g/mol. The summed E-state index contributed by atoms with van der Waals surface area (Å²) < 4.78 is 16.0. The van der Waals surface area contributed by atoms with Gasteiger partial charge < -0.3 is 5.32 Å². The van der Waals surface area contributed by atoms with Crippen LogP contribution in [0.15, 0.2) is 65.4 Å². The summed E-state index contributed by atoms with van der Waals surface area (Å²) in [4.78, 5) is 12.2. The first kappa shape index (κ1) is 15.4. The van der Waals surface area contributed by atoms with Gasteiger partial charge in [-0.3, -0.25) is 4.79 Å². The zero-order valence-electron chi connectivity index (χ0n) is 12.0. The molecule has 1 amide bonds. The molecule has 0 saturated heterocycles. The predicted octanol–water partition coefficient (Wildman–Crippen LogP) is 3.70. The second kappa shape index (κ2) is 6.75. The van der Waals surface area contributed by atoms with Gasteiger partial charge in [-0.25, -0.2) is 9.07 Å². The second-order valence-corrected chi connectivity index (χ2v) is 5.84. The number of nitrogens with zero attached hydrogens (tertiary/aromatic N) is 2. The summed E-state index contributed by atoms with van der Waals surface area (Å²) in [5.74, 6) is -0.653. The summed E-state index contributed by atoms with van der Waals surface area (Å²) >= 11 is 3.28. The van der Waals surface area contributed by atoms with Crippen molar-refractivity contribution in [3.63, 3.8) is 0 Å². The molecule has 116 valence electrons. The maximum Gasteiger partial charge on any atom is 0.254 e. The number of amides is 1. The zero-order chi connectivity index (χ0) is 16.2. The van der Waals surface area contributed by atoms with Gasteiger partial charge in [-0.1, -0.05) is 34.1 Å². The van der Waals surface area contributed by atoms with Gasteiger partial charge >= 0.3 is 0 Å². The highest BCUT2D eigenvalue weighted by Crippen LogP contribution is 2.15. The summed E-state index contributed by atoms with van der Waals surface area (Å²) in [5.41, 5.74) is 1.71. The van der Waals surface area contributed by atoms with Crippen LogP contribution in [-0.4, -0.2) is 15.7 Å². The number of aromatic nitrogens is 2. The van der Waals surface area contributed by atoms with Crippen molar-refractivity contribution < 1.29 is 9.18 Å². The van der Waals surface area contributed by atoms with Crippen molar-refractivity contribution in [2.75, 3.05) is 0 Å². The number of para-hydroxylation sites is 1. The predicted molar refractivity (Wildman–Crippen MR) is 88.8 cm³/mol. The highest BCUT2D eigenvalue weighted by Gasteiger charge is 2.10. The van der Waals surface area contributed by atoms with Gasteiger partial charge in [0.05, 0.1) is 17.4 Å². The van der Waals surface area contributed by atoms with E-state index < -0.39 is 0 Å². The standard InChI is InChI=1S/C17H13BrFN3O/c18-14-6-7-16(19)12(8-14)9-20-17(23)13-10-21-22(11-13)15-4-2-1-3-5-15/h1-8,10-11H,9H2,(H,20,23). The lowest BCUT2D eigenvalue weighted by Gasteiger charge is -2.05. The topological polar surface area (TPSA) is 46.9 Å². The molecule has 1 heterocycles. The number of hydrogen-bond donors (Lipinski definition) is 1. The number of carbonyl (C=O) groups is 1. The maximum atomic E-state index is 13.7. The molecule has 3 aromatic rings. The summed E-state index contributed by atoms with van der Waals surface area (Å²) in [6.07, 6.45) is 3.13. The molecule has 2 aromatic carbocycles. The van der Waals surface area contributed by atoms with Crippen LogP contribution in [0, 0.1) is 5.82 Å². The van der Waals surface area contributed by atoms with Crippen molar-refractivity contribution in [1.29, 1.82) is 0 Å². The summed E-state index contributed by atoms with van der Waals surface area (Å²) in [6.45, 7) is 0.112. The smallest absolute Gasteiger partial charge is 0.254 e. The first-order chi connectivity index (χ1) is 11.1. The van der Waals surface area contributed by atoms with E-state index in [1.165, 1.54) is 12.3 Å². The highest BCUT2D eigenvalue weighted by molar-refractivity contribution is 9.10. The van der Waals surface area contributed by atoms with Crippen LogP contribution in [0.4, 0.5) is 4.39 Å². The SMILES string of the molecule is O=C(NCc1cc(Br)ccc1F)c1cnn(-c2ccccc2)c1. The first-order valence-corrected chi connectivity index (χ1v) is 7.75. The average Bonchev–Trinajstić information content (AvgIpc) is 3.06. The van der Waals surface area contributed by atoms with Gasteiger partial charge in [-0.15, -0.1) is 0 Å². The minimum Gasteiger partial charge on any atom is -0.348 e. The van der Waals surface area contributed by atoms with Gasteiger partial charge in [0.2, 0.25) is 0 Å². The highest BCUT2D eigenvalue weighted by atomic mass is 79.9. The number of halogens is 2. The molecule has 0 fully saturated rings. The van der Waals surface area contributed by atoms with E-state index >= 15 is 0 Å². The monoisotopic (exact) mass is 373 g/mol. The molecular formula is C17H13BrFN3O. The molecule has 0 aliphatic carbocycles. The normalized spacial score (nSPS) is 10.5. The largest absolute Gasteiger partial charge is 0.348 e. The van der Waals surface area contributed by atoms with E-state index in [1.807, 2.05) is 30.3 Å². The third-order valence-electron chi connectivity index (χ3n) is 3.31. The van der Waals surface area contributed by atoms with E-state index in [9.17, 15) is 9.18 Å². The lowest BCUT2D eigenvalue weighted by Crippen LogP contribution is -2.23. The lowest BCUT2D eigenvalue weighted by molar-refractivity contribution is 0.0950. The van der Waals surface area contributed by atoms with Gasteiger partial charge in [0.25, 0.3) is 5.91 Å². The fourth-order valence-electron chi connectivity index (χ4n) is 2.12. The summed E-state index contributed by atoms with van der Waals surface area (Å²) in [5, 5.41) is 6.86. The van der Waals surface area contributed by atoms with E-state index in [0.717, 1.165) is 10.2 Å². The molecule has 0 unspecified atom stereocenters. The van der Waals surface area contributed by atoms with E-state index in [-0.39, 0.29) is 18.3 Å². The Hall–Kier alpha value is -2.47. The Bertz CT molecular complexity index is 833. The summed E-state index contributed by atoms with van der Waals surface area (Å²) in [6, 6.07) is 14.1. The molecule has 0 aliphatic rings. The molecule has 1 N–H and O–H groups in total. The van der Waals surface area contributed by atoms with Crippen molar-refractivity contribution >= 4 is 21.8 Å². The molecule has 0 saturated carbocycles. The number of rotatable bonds is 4. The van der Waals surface area contributed by atoms with Crippen molar-refractivity contribution in [2.45, 2.75) is 6.54 Å². The van der Waals surface area contributed by atoms with Crippen molar-refractivity contribution in [3.8, 4) is 5.69 Å². The second-order valence-electron chi connectivity index (χ2n) is 4.93. The lowest BCUT2D eigenvalue weighted by atomic mass is 10.2. The van der Waals surface area contributed by atoms with Gasteiger partial charge in [-0.2, -0.15) is 5.10 Å². The van der Waals surface area contributed by atoms with Gasteiger partial charge in [0.15, 0.2) is 0 Å². The Morgan fingerprint density at radius 1 is 1.22 bits per heavy atom. The van der Waals surface area contributed by atoms with Crippen molar-refractivity contribution in [1.82, 2.24) is 15.1 Å². The number of hydrogen-bond acceptors (Lipinski definition) is 2.